The molecule has 1 aliphatic rings. The minimum Gasteiger partial charge on any atom is -0.390 e. The van der Waals surface area contributed by atoms with Crippen molar-refractivity contribution in [3.05, 3.63) is 130 Å². The molecule has 6 rings (SSSR count). The van der Waals surface area contributed by atoms with E-state index in [9.17, 15) is 14.3 Å². The van der Waals surface area contributed by atoms with Crippen molar-refractivity contribution in [1.29, 1.82) is 0 Å². The van der Waals surface area contributed by atoms with E-state index < -0.39 is 23.9 Å². The third kappa shape index (κ3) is 4.98. The molecule has 1 aliphatic carbocycles. The fourth-order valence-corrected chi connectivity index (χ4v) is 6.17. The number of aliphatic hydroxyl groups is 1. The predicted octanol–water partition coefficient (Wildman–Crippen LogP) is 6.39. The van der Waals surface area contributed by atoms with Crippen molar-refractivity contribution in [3.8, 4) is 11.1 Å². The topological polar surface area (TPSA) is 61.4 Å². The van der Waals surface area contributed by atoms with Gasteiger partial charge < -0.3 is 15.7 Å². The summed E-state index contributed by atoms with van der Waals surface area (Å²) in [5.74, 6) is -1.12. The number of benzene rings is 4. The van der Waals surface area contributed by atoms with Gasteiger partial charge in [0, 0.05) is 29.1 Å². The Morgan fingerprint density at radius 1 is 0.895 bits per heavy atom. The predicted molar refractivity (Wildman–Crippen MR) is 151 cm³/mol. The lowest BCUT2D eigenvalue weighted by atomic mass is 10.0. The zero-order valence-corrected chi connectivity index (χ0v) is 21.5. The molecule has 1 amide bonds. The highest BCUT2D eigenvalue weighted by Gasteiger charge is 2.33. The lowest BCUT2D eigenvalue weighted by molar-refractivity contribution is 0.0854. The summed E-state index contributed by atoms with van der Waals surface area (Å²) in [5, 5.41) is 18.4. The van der Waals surface area contributed by atoms with Crippen LogP contribution in [0.15, 0.2) is 97.1 Å². The quantitative estimate of drug-likeness (QED) is 0.232. The maximum atomic E-state index is 14.9. The smallest absolute Gasteiger partial charge is 0.254 e. The Morgan fingerprint density at radius 3 is 2.53 bits per heavy atom. The van der Waals surface area contributed by atoms with Crippen LogP contribution in [-0.4, -0.2) is 17.1 Å². The molecule has 4 aromatic carbocycles. The minimum atomic E-state index is -0.762. The Kier molecular flexibility index (Phi) is 6.77. The molecule has 1 aromatic heterocycles. The fraction of sp³-hybridized carbons (Fsp3) is 0.156. The van der Waals surface area contributed by atoms with Crippen molar-refractivity contribution in [3.63, 3.8) is 0 Å². The van der Waals surface area contributed by atoms with Crippen LogP contribution in [0.3, 0.4) is 0 Å². The first-order valence-electron chi connectivity index (χ1n) is 12.7. The SMILES string of the molecule is O=C(N[C@@H]1c2cc(CNCc3cc4ccccc4s3)ccc2C[C@H]1O)c1ccc(-c2ccccc2)cc1F. The Hall–Kier alpha value is -3.84. The number of hydrogen-bond donors (Lipinski definition) is 3. The molecule has 0 saturated heterocycles. The third-order valence-electron chi connectivity index (χ3n) is 7.07. The summed E-state index contributed by atoms with van der Waals surface area (Å²) >= 11 is 1.78. The second kappa shape index (κ2) is 10.5. The first-order valence-corrected chi connectivity index (χ1v) is 13.5. The van der Waals surface area contributed by atoms with Crippen LogP contribution < -0.4 is 10.6 Å². The van der Waals surface area contributed by atoms with E-state index in [2.05, 4.69) is 47.0 Å². The van der Waals surface area contributed by atoms with Crippen molar-refractivity contribution >= 4 is 27.3 Å². The highest BCUT2D eigenvalue weighted by molar-refractivity contribution is 7.19. The molecule has 0 saturated carbocycles. The van der Waals surface area contributed by atoms with E-state index >= 15 is 0 Å². The number of fused-ring (bicyclic) bond motifs is 2. The number of amides is 1. The lowest BCUT2D eigenvalue weighted by Crippen LogP contribution is -2.34. The Morgan fingerprint density at radius 2 is 1.71 bits per heavy atom. The molecule has 0 bridgehead atoms. The molecule has 190 valence electrons. The summed E-state index contributed by atoms with van der Waals surface area (Å²) in [7, 11) is 0. The normalized spacial score (nSPS) is 16.5. The van der Waals surface area contributed by atoms with Gasteiger partial charge in [-0.1, -0.05) is 72.8 Å². The summed E-state index contributed by atoms with van der Waals surface area (Å²) in [6.45, 7) is 1.42. The average molecular weight is 523 g/mol. The molecular weight excluding hydrogens is 495 g/mol. The molecule has 6 heteroatoms. The molecule has 0 spiro atoms. The van der Waals surface area contributed by atoms with Gasteiger partial charge in [-0.15, -0.1) is 11.3 Å². The van der Waals surface area contributed by atoms with Gasteiger partial charge in [0.25, 0.3) is 5.91 Å². The van der Waals surface area contributed by atoms with Gasteiger partial charge in [-0.05, 0) is 57.5 Å². The number of hydrogen-bond acceptors (Lipinski definition) is 4. The van der Waals surface area contributed by atoms with Gasteiger partial charge in [0.05, 0.1) is 17.7 Å². The summed E-state index contributed by atoms with van der Waals surface area (Å²) in [5.41, 5.74) is 4.50. The van der Waals surface area contributed by atoms with E-state index in [-0.39, 0.29) is 5.56 Å². The average Bonchev–Trinajstić information content (AvgIpc) is 3.49. The van der Waals surface area contributed by atoms with Crippen molar-refractivity contribution in [2.24, 2.45) is 0 Å². The number of carbonyl (C=O) groups is 1. The first kappa shape index (κ1) is 24.5. The number of aliphatic hydroxyl groups excluding tert-OH is 1. The van der Waals surface area contributed by atoms with Gasteiger partial charge in [0.2, 0.25) is 0 Å². The molecular formula is C32H27FN2O2S. The molecule has 0 unspecified atom stereocenters. The summed E-state index contributed by atoms with van der Waals surface area (Å²) in [4.78, 5) is 14.3. The van der Waals surface area contributed by atoms with E-state index in [1.165, 1.54) is 27.1 Å². The van der Waals surface area contributed by atoms with Crippen molar-refractivity contribution in [1.82, 2.24) is 10.6 Å². The summed E-state index contributed by atoms with van der Waals surface area (Å²) in [6, 6.07) is 30.2. The minimum absolute atomic E-state index is 0.0357. The maximum Gasteiger partial charge on any atom is 0.254 e. The summed E-state index contributed by atoms with van der Waals surface area (Å²) in [6.07, 6.45) is -0.312. The van der Waals surface area contributed by atoms with E-state index in [0.29, 0.717) is 18.5 Å². The van der Waals surface area contributed by atoms with Crippen LogP contribution >= 0.6 is 11.3 Å². The zero-order valence-electron chi connectivity index (χ0n) is 20.7. The number of rotatable bonds is 7. The van der Waals surface area contributed by atoms with Crippen molar-refractivity contribution < 1.29 is 14.3 Å². The maximum absolute atomic E-state index is 14.9. The van der Waals surface area contributed by atoms with Crippen LogP contribution in [-0.2, 0) is 19.5 Å². The highest BCUT2D eigenvalue weighted by atomic mass is 32.1. The van der Waals surface area contributed by atoms with Gasteiger partial charge in [-0.2, -0.15) is 0 Å². The highest BCUT2D eigenvalue weighted by Crippen LogP contribution is 2.33. The fourth-order valence-electron chi connectivity index (χ4n) is 5.14. The zero-order chi connectivity index (χ0) is 26.1. The largest absolute Gasteiger partial charge is 0.390 e. The van der Waals surface area contributed by atoms with Crippen LogP contribution in [0.5, 0.6) is 0 Å². The molecule has 2 atom stereocenters. The van der Waals surface area contributed by atoms with Crippen molar-refractivity contribution in [2.45, 2.75) is 31.7 Å². The van der Waals surface area contributed by atoms with E-state index in [1.54, 1.807) is 17.4 Å². The molecule has 38 heavy (non-hydrogen) atoms. The number of halogens is 1. The second-order valence-electron chi connectivity index (χ2n) is 9.67. The molecule has 5 aromatic rings. The van der Waals surface area contributed by atoms with Crippen LogP contribution in [0.25, 0.3) is 21.2 Å². The molecule has 1 heterocycles. The molecule has 0 radical (unpaired) electrons. The third-order valence-corrected chi connectivity index (χ3v) is 8.19. The monoisotopic (exact) mass is 522 g/mol. The molecule has 0 fully saturated rings. The first-order chi connectivity index (χ1) is 18.5. The van der Waals surface area contributed by atoms with Crippen LogP contribution in [0, 0.1) is 5.82 Å². The van der Waals surface area contributed by atoms with Gasteiger partial charge in [-0.3, -0.25) is 4.79 Å². The molecule has 3 N–H and O–H groups in total. The van der Waals surface area contributed by atoms with Gasteiger partial charge in [-0.25, -0.2) is 4.39 Å². The van der Waals surface area contributed by atoms with Gasteiger partial charge in [0.1, 0.15) is 5.82 Å². The molecule has 0 aliphatic heterocycles. The lowest BCUT2D eigenvalue weighted by Gasteiger charge is -2.19. The Bertz CT molecular complexity index is 1580. The van der Waals surface area contributed by atoms with Gasteiger partial charge >= 0.3 is 0 Å². The molecule has 4 nitrogen and oxygen atoms in total. The standard InChI is InChI=1S/C32H27FN2O2S/c33-28-16-22(21-6-2-1-3-7-21)12-13-26(28)32(37)35-31-27-14-20(10-11-23(27)17-29(31)36)18-34-19-25-15-24-8-4-5-9-30(24)38-25/h1-16,29,31,34,36H,17-19H2,(H,35,37)/t29-,31-/m1/s1. The van der Waals surface area contributed by atoms with E-state index in [0.717, 1.165) is 28.8 Å². The van der Waals surface area contributed by atoms with E-state index in [1.807, 2.05) is 42.5 Å². The number of nitrogens with one attached hydrogen (secondary N) is 2. The second-order valence-corrected chi connectivity index (χ2v) is 10.8. The summed E-state index contributed by atoms with van der Waals surface area (Å²) < 4.78 is 16.2. The van der Waals surface area contributed by atoms with Crippen molar-refractivity contribution in [2.75, 3.05) is 0 Å². The number of carbonyl (C=O) groups excluding carboxylic acids is 1. The Balaban J connectivity index is 1.14. The van der Waals surface area contributed by atoms with Crippen LogP contribution in [0.1, 0.15) is 38.0 Å². The van der Waals surface area contributed by atoms with Crippen LogP contribution in [0.2, 0.25) is 0 Å². The van der Waals surface area contributed by atoms with Gasteiger partial charge in [0.15, 0.2) is 0 Å². The number of thiophene rings is 1. The van der Waals surface area contributed by atoms with E-state index in [4.69, 9.17) is 0 Å². The Labute approximate surface area is 224 Å². The van der Waals surface area contributed by atoms with Crippen LogP contribution in [0.4, 0.5) is 4.39 Å².